The zero-order valence-corrected chi connectivity index (χ0v) is 18.2. The number of esters is 1. The fourth-order valence-corrected chi connectivity index (χ4v) is 4.77. The number of nitrogens with zero attached hydrogens (tertiary/aromatic N) is 2. The maximum atomic E-state index is 12.7. The summed E-state index contributed by atoms with van der Waals surface area (Å²) in [5, 5.41) is 4.91. The Morgan fingerprint density at radius 2 is 1.97 bits per heavy atom. The molecule has 2 aromatic rings. The average Bonchev–Trinajstić information content (AvgIpc) is 3.60. The van der Waals surface area contributed by atoms with Gasteiger partial charge >= 0.3 is 5.97 Å². The lowest BCUT2D eigenvalue weighted by Crippen LogP contribution is -2.37. The number of carbonyl (C=O) groups excluding carboxylic acids is 2. The van der Waals surface area contributed by atoms with Gasteiger partial charge in [-0.15, -0.1) is 11.8 Å². The molecule has 6 nitrogen and oxygen atoms in total. The van der Waals surface area contributed by atoms with Crippen molar-refractivity contribution in [3.63, 3.8) is 0 Å². The number of para-hydroxylation sites is 1. The molecule has 0 unspecified atom stereocenters. The van der Waals surface area contributed by atoms with Crippen molar-refractivity contribution in [1.82, 2.24) is 15.2 Å². The maximum Gasteiger partial charge on any atom is 0.308 e. The Balaban J connectivity index is 1.31. The number of methoxy groups -OCH3 is 1. The van der Waals surface area contributed by atoms with Crippen LogP contribution in [0.5, 0.6) is 0 Å². The van der Waals surface area contributed by atoms with E-state index in [2.05, 4.69) is 10.2 Å². The Labute approximate surface area is 181 Å². The molecule has 160 valence electrons. The van der Waals surface area contributed by atoms with Gasteiger partial charge in [-0.25, -0.2) is 4.98 Å². The molecule has 4 rings (SSSR count). The molecule has 1 aromatic carbocycles. The zero-order chi connectivity index (χ0) is 20.9. The van der Waals surface area contributed by atoms with E-state index in [0.29, 0.717) is 6.04 Å². The van der Waals surface area contributed by atoms with E-state index in [1.165, 1.54) is 7.11 Å². The second-order valence-corrected chi connectivity index (χ2v) is 9.23. The first-order chi connectivity index (χ1) is 14.6. The molecule has 7 heteroatoms. The van der Waals surface area contributed by atoms with Crippen LogP contribution < -0.4 is 5.32 Å². The van der Waals surface area contributed by atoms with Gasteiger partial charge < -0.3 is 15.0 Å². The van der Waals surface area contributed by atoms with Gasteiger partial charge in [0.15, 0.2) is 0 Å². The van der Waals surface area contributed by atoms with Gasteiger partial charge in [-0.3, -0.25) is 9.59 Å². The molecule has 0 bridgehead atoms. The number of nitrogens with one attached hydrogen (secondary N) is 1. The molecular formula is C23H29N3O3S. The number of likely N-dealkylation sites (tertiary alicyclic amines) is 1. The number of pyridine rings is 1. The molecule has 0 atom stereocenters. The van der Waals surface area contributed by atoms with E-state index < -0.39 is 0 Å². The molecule has 1 aromatic heterocycles. The fraction of sp³-hybridized carbons (Fsp3) is 0.522. The van der Waals surface area contributed by atoms with E-state index in [1.807, 2.05) is 30.3 Å². The van der Waals surface area contributed by atoms with Gasteiger partial charge in [-0.2, -0.15) is 0 Å². The van der Waals surface area contributed by atoms with Gasteiger partial charge in [-0.05, 0) is 63.9 Å². The lowest BCUT2D eigenvalue weighted by atomic mass is 9.97. The highest BCUT2D eigenvalue weighted by molar-refractivity contribution is 7.99. The lowest BCUT2D eigenvalue weighted by Gasteiger charge is -2.30. The third kappa shape index (κ3) is 5.32. The Kier molecular flexibility index (Phi) is 6.89. The summed E-state index contributed by atoms with van der Waals surface area (Å²) in [4.78, 5) is 31.5. The van der Waals surface area contributed by atoms with Gasteiger partial charge in [0.2, 0.25) is 0 Å². The molecule has 1 amide bonds. The van der Waals surface area contributed by atoms with Crippen molar-refractivity contribution in [3.05, 3.63) is 35.9 Å². The van der Waals surface area contributed by atoms with Crippen molar-refractivity contribution >= 4 is 34.5 Å². The Hall–Kier alpha value is -2.12. The van der Waals surface area contributed by atoms with E-state index in [0.717, 1.165) is 79.0 Å². The monoisotopic (exact) mass is 427 g/mol. The molecule has 2 heterocycles. The summed E-state index contributed by atoms with van der Waals surface area (Å²) in [6.45, 7) is 2.91. The predicted molar refractivity (Wildman–Crippen MR) is 119 cm³/mol. The first-order valence-corrected chi connectivity index (χ1v) is 11.8. The molecular weight excluding hydrogens is 398 g/mol. The molecule has 1 N–H and O–H groups in total. The minimum absolute atomic E-state index is 0.00595. The lowest BCUT2D eigenvalue weighted by molar-refractivity contribution is -0.147. The van der Waals surface area contributed by atoms with Crippen LogP contribution in [0.25, 0.3) is 10.9 Å². The largest absolute Gasteiger partial charge is 0.469 e. The summed E-state index contributed by atoms with van der Waals surface area (Å²) in [5.74, 6) is 0.939. The third-order valence-corrected chi connectivity index (χ3v) is 6.84. The smallest absolute Gasteiger partial charge is 0.308 e. The van der Waals surface area contributed by atoms with Gasteiger partial charge in [0.1, 0.15) is 0 Å². The average molecular weight is 428 g/mol. The van der Waals surface area contributed by atoms with Crippen LogP contribution in [-0.2, 0) is 9.53 Å². The van der Waals surface area contributed by atoms with Crippen LogP contribution in [0.3, 0.4) is 0 Å². The molecule has 30 heavy (non-hydrogen) atoms. The molecule has 2 aliphatic rings. The van der Waals surface area contributed by atoms with Crippen LogP contribution >= 0.6 is 11.8 Å². The van der Waals surface area contributed by atoms with Gasteiger partial charge in [0, 0.05) is 17.2 Å². The van der Waals surface area contributed by atoms with Gasteiger partial charge in [-0.1, -0.05) is 18.2 Å². The number of hydrogen-bond donors (Lipinski definition) is 1. The molecule has 1 aliphatic carbocycles. The van der Waals surface area contributed by atoms with E-state index in [-0.39, 0.29) is 17.8 Å². The third-order valence-electron chi connectivity index (χ3n) is 5.84. The standard InChI is InChI=1S/C23H29N3O3S/c1-29-23(28)16-9-12-26(13-10-16)11-4-14-30-21-15-19(22(27)24-17-7-8-17)18-5-2-3-6-20(18)25-21/h2-3,5-6,15-17H,4,7-14H2,1H3,(H,24,27). The number of rotatable bonds is 8. The minimum atomic E-state index is -0.0749. The molecule has 1 saturated carbocycles. The second kappa shape index (κ2) is 9.79. The minimum Gasteiger partial charge on any atom is -0.469 e. The highest BCUT2D eigenvalue weighted by Gasteiger charge is 2.26. The summed E-state index contributed by atoms with van der Waals surface area (Å²) in [5.41, 5.74) is 1.59. The summed E-state index contributed by atoms with van der Waals surface area (Å²) >= 11 is 1.71. The normalized spacial score (nSPS) is 17.8. The topological polar surface area (TPSA) is 71.5 Å². The number of thioether (sulfide) groups is 1. The number of carbonyl (C=O) groups is 2. The fourth-order valence-electron chi connectivity index (χ4n) is 3.93. The van der Waals surface area contributed by atoms with Crippen molar-refractivity contribution < 1.29 is 14.3 Å². The first-order valence-electron chi connectivity index (χ1n) is 10.8. The summed E-state index contributed by atoms with van der Waals surface area (Å²) in [6.07, 6.45) is 4.96. The van der Waals surface area contributed by atoms with Crippen LogP contribution in [0.2, 0.25) is 0 Å². The Morgan fingerprint density at radius 1 is 1.20 bits per heavy atom. The van der Waals surface area contributed by atoms with Crippen molar-refractivity contribution in [3.8, 4) is 0 Å². The van der Waals surface area contributed by atoms with Crippen molar-refractivity contribution in [2.45, 2.75) is 43.2 Å². The predicted octanol–water partition coefficient (Wildman–Crippen LogP) is 3.49. The van der Waals surface area contributed by atoms with Crippen molar-refractivity contribution in [2.75, 3.05) is 32.5 Å². The molecule has 0 spiro atoms. The van der Waals surface area contributed by atoms with Gasteiger partial charge in [0.05, 0.1) is 29.1 Å². The number of benzene rings is 1. The van der Waals surface area contributed by atoms with E-state index in [1.54, 1.807) is 11.8 Å². The van der Waals surface area contributed by atoms with Crippen LogP contribution in [0.15, 0.2) is 35.4 Å². The number of aromatic nitrogens is 1. The number of piperidine rings is 1. The highest BCUT2D eigenvalue weighted by atomic mass is 32.2. The summed E-state index contributed by atoms with van der Waals surface area (Å²) in [7, 11) is 1.47. The zero-order valence-electron chi connectivity index (χ0n) is 17.4. The van der Waals surface area contributed by atoms with Crippen LogP contribution in [0.1, 0.15) is 42.5 Å². The SMILES string of the molecule is COC(=O)C1CCN(CCCSc2cc(C(=O)NC3CC3)c3ccccc3n2)CC1. The number of ether oxygens (including phenoxy) is 1. The van der Waals surface area contributed by atoms with Crippen LogP contribution in [-0.4, -0.2) is 60.3 Å². The summed E-state index contributed by atoms with van der Waals surface area (Å²) < 4.78 is 4.86. The molecule has 2 fully saturated rings. The quantitative estimate of drug-likeness (QED) is 0.395. The molecule has 1 saturated heterocycles. The molecule has 1 aliphatic heterocycles. The van der Waals surface area contributed by atoms with E-state index >= 15 is 0 Å². The van der Waals surface area contributed by atoms with Crippen LogP contribution in [0, 0.1) is 5.92 Å². The number of hydrogen-bond acceptors (Lipinski definition) is 6. The number of fused-ring (bicyclic) bond motifs is 1. The van der Waals surface area contributed by atoms with Crippen molar-refractivity contribution in [1.29, 1.82) is 0 Å². The van der Waals surface area contributed by atoms with Crippen LogP contribution in [0.4, 0.5) is 0 Å². The summed E-state index contributed by atoms with van der Waals surface area (Å²) in [6, 6.07) is 10.1. The Bertz CT molecular complexity index is 908. The van der Waals surface area contributed by atoms with E-state index in [4.69, 9.17) is 9.72 Å². The number of amides is 1. The van der Waals surface area contributed by atoms with E-state index in [9.17, 15) is 9.59 Å². The second-order valence-electron chi connectivity index (χ2n) is 8.11. The maximum absolute atomic E-state index is 12.7. The molecule has 0 radical (unpaired) electrons. The Morgan fingerprint density at radius 3 is 2.70 bits per heavy atom. The van der Waals surface area contributed by atoms with Gasteiger partial charge in [0.25, 0.3) is 5.91 Å². The highest BCUT2D eigenvalue weighted by Crippen LogP contribution is 2.27. The van der Waals surface area contributed by atoms with Crippen molar-refractivity contribution in [2.24, 2.45) is 5.92 Å². The first kappa shape index (κ1) is 21.1.